The van der Waals surface area contributed by atoms with E-state index in [1.165, 1.54) is 31.3 Å². The van der Waals surface area contributed by atoms with Crippen LogP contribution in [0.5, 0.6) is 11.5 Å². The van der Waals surface area contributed by atoms with E-state index in [9.17, 15) is 10.2 Å². The first-order chi connectivity index (χ1) is 21.1. The van der Waals surface area contributed by atoms with E-state index < -0.39 is 11.6 Å². The van der Waals surface area contributed by atoms with Crippen molar-refractivity contribution in [3.8, 4) is 11.5 Å². The number of phenols is 1. The maximum absolute atomic E-state index is 11.3. The Bertz CT molecular complexity index is 1330. The molecule has 4 nitrogen and oxygen atoms in total. The predicted molar refractivity (Wildman–Crippen MR) is 181 cm³/mol. The Balaban J connectivity index is 0.00000127. The number of aliphatic hydroxyl groups excluding tert-OH is 1. The Hall–Kier alpha value is -1.88. The molecule has 0 heterocycles. The molecule has 3 aliphatic carbocycles. The third kappa shape index (κ3) is 8.09. The van der Waals surface area contributed by atoms with Crippen LogP contribution >= 0.6 is 0 Å². The second-order valence-corrected chi connectivity index (χ2v) is 13.9. The fourth-order valence-electron chi connectivity index (χ4n) is 7.43. The zero-order chi connectivity index (χ0) is 32.5. The van der Waals surface area contributed by atoms with E-state index in [1.54, 1.807) is 6.07 Å². The number of hydrogen-bond acceptors (Lipinski definition) is 4. The van der Waals surface area contributed by atoms with E-state index >= 15 is 0 Å². The van der Waals surface area contributed by atoms with Gasteiger partial charge in [-0.2, -0.15) is 0 Å². The number of aryl methyl sites for hydroxylation is 1. The number of para-hydroxylation sites is 1. The molecule has 44 heavy (non-hydrogen) atoms. The molecule has 2 atom stereocenters. The van der Waals surface area contributed by atoms with Crippen LogP contribution in [0.15, 0.2) is 71.3 Å². The number of phenolic OH excluding ortho intramolecular Hbond substituents is 1. The molecule has 4 N–H and O–H groups in total. The quantitative estimate of drug-likeness (QED) is 0.255. The molecule has 2 unspecified atom stereocenters. The van der Waals surface area contributed by atoms with E-state index in [4.69, 9.17) is 8.38 Å². The summed E-state index contributed by atoms with van der Waals surface area (Å²) in [5.41, 5.74) is 14.4. The standard InChI is InChI=1S/C35H45NO3.2C2H6.Hg/c1-23-18-26(37)20-25(34(3)14-8-4-9-15-34)21-28(23)33(27-12-6-7-13-31(27)38)29-22-30(32(39)19-24(29)2)35(36)16-10-5-11-17-35;2*1-2;/h6-7,12-13,18-22,26,33,37-39H,4-5,8-11,14-17,36H2,1-3H3;2*1-2H3;/q;;;+1/p-1. The first-order valence-corrected chi connectivity index (χ1v) is 19.3. The molecule has 0 saturated heterocycles. The molecule has 0 radical (unpaired) electrons. The molecular weight excluding hydrogens is 731 g/mol. The van der Waals surface area contributed by atoms with Crippen LogP contribution in [0.1, 0.15) is 134 Å². The van der Waals surface area contributed by atoms with Crippen molar-refractivity contribution in [1.29, 1.82) is 0 Å². The molecule has 2 saturated carbocycles. The summed E-state index contributed by atoms with van der Waals surface area (Å²) in [4.78, 5) is 0. The van der Waals surface area contributed by atoms with Gasteiger partial charge in [-0.3, -0.25) is 0 Å². The van der Waals surface area contributed by atoms with Crippen LogP contribution in [-0.2, 0) is 32.1 Å². The molecule has 2 aromatic carbocycles. The number of aliphatic hydroxyl groups is 1. The summed E-state index contributed by atoms with van der Waals surface area (Å²) in [6.07, 6.45) is 17.1. The summed E-state index contributed by atoms with van der Waals surface area (Å²) in [7, 11) is 0. The molecule has 0 spiro atoms. The molecule has 237 valence electrons. The third-order valence-electron chi connectivity index (χ3n) is 9.87. The Labute approximate surface area is 284 Å². The third-order valence-corrected chi connectivity index (χ3v) is 11.1. The molecule has 0 bridgehead atoms. The summed E-state index contributed by atoms with van der Waals surface area (Å²) in [5.74, 6) is 1.00. The fraction of sp³-hybridized carbons (Fsp3) is 0.538. The molecule has 0 aromatic heterocycles. The Morgan fingerprint density at radius 3 is 2.05 bits per heavy atom. The first kappa shape index (κ1) is 36.6. The van der Waals surface area contributed by atoms with E-state index in [0.717, 1.165) is 77.7 Å². The van der Waals surface area contributed by atoms with Crippen molar-refractivity contribution in [2.75, 3.05) is 0 Å². The average Bonchev–Trinajstić information content (AvgIpc) is 3.19. The molecule has 0 aliphatic heterocycles. The van der Waals surface area contributed by atoms with Crippen LogP contribution in [0.2, 0.25) is 0 Å². The summed E-state index contributed by atoms with van der Waals surface area (Å²) in [5, 5.41) is 22.3. The minimum atomic E-state index is -0.637. The minimum absolute atomic E-state index is 0.0300. The van der Waals surface area contributed by atoms with Gasteiger partial charge in [-0.05, 0) is 0 Å². The SMILES string of the molecule is CC.CC.CC1=CC(O)C=C(C2(C)CCCCC2)C=C1C(c1cc(C2(N)CCCCC2)c([O][Hg])cc1C)c1ccccc1O. The van der Waals surface area contributed by atoms with Crippen LogP contribution in [0.3, 0.4) is 0 Å². The van der Waals surface area contributed by atoms with Crippen molar-refractivity contribution in [1.82, 2.24) is 0 Å². The van der Waals surface area contributed by atoms with Gasteiger partial charge in [0, 0.05) is 0 Å². The van der Waals surface area contributed by atoms with Crippen molar-refractivity contribution >= 4 is 0 Å². The summed E-state index contributed by atoms with van der Waals surface area (Å²) < 4.78 is 6.12. The number of allylic oxidation sites excluding steroid dienone is 4. The van der Waals surface area contributed by atoms with Gasteiger partial charge in [0.2, 0.25) is 0 Å². The van der Waals surface area contributed by atoms with Crippen LogP contribution < -0.4 is 8.38 Å². The monoisotopic (exact) mass is 788 g/mol. The van der Waals surface area contributed by atoms with E-state index in [1.807, 2.05) is 52.0 Å². The number of aromatic hydroxyl groups is 1. The molecule has 2 fully saturated rings. The van der Waals surface area contributed by atoms with Gasteiger partial charge in [0.25, 0.3) is 0 Å². The second kappa shape index (κ2) is 16.6. The number of benzene rings is 2. The van der Waals surface area contributed by atoms with Gasteiger partial charge in [0.1, 0.15) is 0 Å². The summed E-state index contributed by atoms with van der Waals surface area (Å²) in [6, 6.07) is 12.2. The summed E-state index contributed by atoms with van der Waals surface area (Å²) in [6.45, 7) is 14.6. The van der Waals surface area contributed by atoms with Gasteiger partial charge in [-0.1, -0.05) is 34.1 Å². The predicted octanol–water partition coefficient (Wildman–Crippen LogP) is 9.99. The van der Waals surface area contributed by atoms with Crippen molar-refractivity contribution < 1.29 is 39.4 Å². The molecule has 5 rings (SSSR count). The van der Waals surface area contributed by atoms with E-state index in [0.29, 0.717) is 0 Å². The van der Waals surface area contributed by atoms with Crippen molar-refractivity contribution in [3.05, 3.63) is 93.6 Å². The Morgan fingerprint density at radius 2 is 1.45 bits per heavy atom. The van der Waals surface area contributed by atoms with Gasteiger partial charge in [-0.15, -0.1) is 0 Å². The van der Waals surface area contributed by atoms with E-state index in [-0.39, 0.29) is 43.7 Å². The normalized spacial score (nSPS) is 21.5. The maximum atomic E-state index is 11.3. The Morgan fingerprint density at radius 1 is 0.864 bits per heavy atom. The van der Waals surface area contributed by atoms with Gasteiger partial charge in [-0.25, -0.2) is 0 Å². The van der Waals surface area contributed by atoms with Gasteiger partial charge < -0.3 is 0 Å². The first-order valence-electron chi connectivity index (χ1n) is 17.1. The molecule has 3 aliphatic rings. The fourth-order valence-corrected chi connectivity index (χ4v) is 8.35. The zero-order valence-electron chi connectivity index (χ0n) is 28.5. The molecule has 2 aromatic rings. The summed E-state index contributed by atoms with van der Waals surface area (Å²) >= 11 is 0.144. The van der Waals surface area contributed by atoms with Crippen molar-refractivity contribution in [3.63, 3.8) is 0 Å². The topological polar surface area (TPSA) is 75.7 Å². The molecular formula is C39H56HgNO3. The number of nitrogens with two attached hydrogens (primary N) is 1. The number of hydrogen-bond donors (Lipinski definition) is 3. The second-order valence-electron chi connectivity index (χ2n) is 12.7. The van der Waals surface area contributed by atoms with Crippen molar-refractivity contribution in [2.24, 2.45) is 11.1 Å². The Kier molecular flexibility index (Phi) is 13.8. The molecule has 5 heteroatoms. The van der Waals surface area contributed by atoms with E-state index in [2.05, 4.69) is 45.1 Å². The van der Waals surface area contributed by atoms with Crippen molar-refractivity contribution in [2.45, 2.75) is 130 Å². The van der Waals surface area contributed by atoms with Crippen LogP contribution in [0.25, 0.3) is 0 Å². The van der Waals surface area contributed by atoms with Crippen LogP contribution in [0.4, 0.5) is 0 Å². The average molecular weight is 787 g/mol. The number of rotatable bonds is 6. The van der Waals surface area contributed by atoms with Gasteiger partial charge in [0.05, 0.1) is 0 Å². The van der Waals surface area contributed by atoms with Crippen LogP contribution in [0, 0.1) is 12.3 Å². The van der Waals surface area contributed by atoms with Gasteiger partial charge in [0.15, 0.2) is 0 Å². The van der Waals surface area contributed by atoms with Crippen LogP contribution in [-0.4, -0.2) is 16.3 Å². The zero-order valence-corrected chi connectivity index (χ0v) is 34.0. The van der Waals surface area contributed by atoms with Gasteiger partial charge >= 0.3 is 252 Å². The molecule has 0 amide bonds.